The third-order valence-corrected chi connectivity index (χ3v) is 4.35. The Hall–Kier alpha value is -2.74. The molecule has 0 atom stereocenters. The summed E-state index contributed by atoms with van der Waals surface area (Å²) in [5.41, 5.74) is 1.80. The molecule has 0 aliphatic heterocycles. The molecule has 8 heteroatoms. The first-order valence-corrected chi connectivity index (χ1v) is 8.22. The zero-order chi connectivity index (χ0) is 17.1. The van der Waals surface area contributed by atoms with Crippen LogP contribution in [0.15, 0.2) is 34.6 Å². The molecule has 0 aliphatic rings. The number of hydrogen-bond acceptors (Lipinski definition) is 6. The number of carbonyl (C=O) groups is 1. The van der Waals surface area contributed by atoms with Gasteiger partial charge in [-0.1, -0.05) is 0 Å². The molecule has 3 heterocycles. The predicted molar refractivity (Wildman–Crippen MR) is 90.9 cm³/mol. The molecule has 124 valence electrons. The molecule has 0 bridgehead atoms. The summed E-state index contributed by atoms with van der Waals surface area (Å²) in [7, 11) is 1.47. The average molecular weight is 344 g/mol. The summed E-state index contributed by atoms with van der Waals surface area (Å²) in [5, 5.41) is 4.71. The third-order valence-electron chi connectivity index (χ3n) is 3.48. The quantitative estimate of drug-likeness (QED) is 0.757. The maximum Gasteiger partial charge on any atom is 0.258 e. The first kappa shape index (κ1) is 16.1. The minimum absolute atomic E-state index is 0.103. The van der Waals surface area contributed by atoms with Gasteiger partial charge in [0.25, 0.3) is 11.5 Å². The Balaban J connectivity index is 1.71. The SMILES string of the molecule is COc1ncccc1C(=O)NCCc1csc2nc(C)cc(=O)n12. The monoisotopic (exact) mass is 344 g/mol. The Kier molecular flexibility index (Phi) is 4.57. The van der Waals surface area contributed by atoms with Crippen LogP contribution in [0.5, 0.6) is 5.88 Å². The summed E-state index contributed by atoms with van der Waals surface area (Å²) in [5.74, 6) is 0.0210. The molecule has 0 spiro atoms. The van der Waals surface area contributed by atoms with Gasteiger partial charge in [-0.2, -0.15) is 0 Å². The zero-order valence-corrected chi connectivity index (χ0v) is 14.1. The number of thiazole rings is 1. The number of aromatic nitrogens is 3. The molecule has 24 heavy (non-hydrogen) atoms. The van der Waals surface area contributed by atoms with E-state index in [1.165, 1.54) is 24.5 Å². The van der Waals surface area contributed by atoms with E-state index in [2.05, 4.69) is 15.3 Å². The fraction of sp³-hybridized carbons (Fsp3) is 0.250. The highest BCUT2D eigenvalue weighted by atomic mass is 32.1. The van der Waals surface area contributed by atoms with Crippen molar-refractivity contribution in [3.05, 3.63) is 57.1 Å². The first-order chi connectivity index (χ1) is 11.6. The molecule has 7 nitrogen and oxygen atoms in total. The van der Waals surface area contributed by atoms with E-state index >= 15 is 0 Å². The summed E-state index contributed by atoms with van der Waals surface area (Å²) in [6.45, 7) is 2.19. The van der Waals surface area contributed by atoms with Crippen LogP contribution in [0.3, 0.4) is 0 Å². The lowest BCUT2D eigenvalue weighted by Crippen LogP contribution is -2.27. The fourth-order valence-corrected chi connectivity index (χ4v) is 3.36. The second-order valence-electron chi connectivity index (χ2n) is 5.15. The molecular weight excluding hydrogens is 328 g/mol. The number of nitrogens with zero attached hydrogens (tertiary/aromatic N) is 3. The van der Waals surface area contributed by atoms with E-state index in [0.29, 0.717) is 29.2 Å². The Morgan fingerprint density at radius 3 is 3.08 bits per heavy atom. The van der Waals surface area contributed by atoms with Gasteiger partial charge in [-0.05, 0) is 19.1 Å². The van der Waals surface area contributed by atoms with Crippen molar-refractivity contribution >= 4 is 22.2 Å². The van der Waals surface area contributed by atoms with E-state index < -0.39 is 0 Å². The number of ether oxygens (including phenoxy) is 1. The normalized spacial score (nSPS) is 10.8. The Morgan fingerprint density at radius 1 is 1.46 bits per heavy atom. The van der Waals surface area contributed by atoms with E-state index in [-0.39, 0.29) is 17.3 Å². The van der Waals surface area contributed by atoms with Crippen molar-refractivity contribution in [3.8, 4) is 5.88 Å². The van der Waals surface area contributed by atoms with Crippen LogP contribution in [-0.4, -0.2) is 33.9 Å². The molecule has 3 aromatic rings. The van der Waals surface area contributed by atoms with Gasteiger partial charge in [0, 0.05) is 42.0 Å². The molecule has 0 saturated heterocycles. The predicted octanol–water partition coefficient (Wildman–Crippen LogP) is 1.44. The fourth-order valence-electron chi connectivity index (χ4n) is 2.38. The van der Waals surface area contributed by atoms with E-state index in [0.717, 1.165) is 5.69 Å². The smallest absolute Gasteiger partial charge is 0.258 e. The summed E-state index contributed by atoms with van der Waals surface area (Å²) in [6.07, 6.45) is 2.09. The lowest BCUT2D eigenvalue weighted by atomic mass is 10.2. The van der Waals surface area contributed by atoms with Crippen LogP contribution < -0.4 is 15.6 Å². The number of aryl methyl sites for hydroxylation is 1. The number of hydrogen-bond donors (Lipinski definition) is 1. The van der Waals surface area contributed by atoms with Crippen LogP contribution in [0.1, 0.15) is 21.7 Å². The van der Waals surface area contributed by atoms with Gasteiger partial charge in [-0.3, -0.25) is 14.0 Å². The number of pyridine rings is 1. The minimum atomic E-state index is -0.263. The molecule has 0 radical (unpaired) electrons. The van der Waals surface area contributed by atoms with Gasteiger partial charge in [-0.25, -0.2) is 9.97 Å². The summed E-state index contributed by atoms with van der Waals surface area (Å²) < 4.78 is 6.66. The maximum atomic E-state index is 12.2. The zero-order valence-electron chi connectivity index (χ0n) is 13.3. The van der Waals surface area contributed by atoms with E-state index in [4.69, 9.17) is 4.74 Å². The van der Waals surface area contributed by atoms with Crippen molar-refractivity contribution < 1.29 is 9.53 Å². The highest BCUT2D eigenvalue weighted by Crippen LogP contribution is 2.14. The lowest BCUT2D eigenvalue weighted by molar-refractivity contribution is 0.0950. The van der Waals surface area contributed by atoms with E-state index in [1.807, 2.05) is 5.38 Å². The van der Waals surface area contributed by atoms with Crippen LogP contribution in [0, 0.1) is 6.92 Å². The number of carbonyl (C=O) groups excluding carboxylic acids is 1. The Labute approximate surface area is 142 Å². The molecule has 0 aromatic carbocycles. The number of methoxy groups -OCH3 is 1. The van der Waals surface area contributed by atoms with Crippen LogP contribution in [0.2, 0.25) is 0 Å². The van der Waals surface area contributed by atoms with Gasteiger partial charge in [0.1, 0.15) is 5.56 Å². The molecule has 1 N–H and O–H groups in total. The second kappa shape index (κ2) is 6.79. The largest absolute Gasteiger partial charge is 0.480 e. The molecule has 0 aliphatic carbocycles. The topological polar surface area (TPSA) is 85.6 Å². The highest BCUT2D eigenvalue weighted by Gasteiger charge is 2.13. The molecule has 0 saturated carbocycles. The van der Waals surface area contributed by atoms with Crippen molar-refractivity contribution in [1.29, 1.82) is 0 Å². The minimum Gasteiger partial charge on any atom is -0.480 e. The van der Waals surface area contributed by atoms with Crippen molar-refractivity contribution in [3.63, 3.8) is 0 Å². The van der Waals surface area contributed by atoms with Crippen molar-refractivity contribution in [2.45, 2.75) is 13.3 Å². The van der Waals surface area contributed by atoms with Gasteiger partial charge in [-0.15, -0.1) is 11.3 Å². The summed E-state index contributed by atoms with van der Waals surface area (Å²) >= 11 is 1.41. The maximum absolute atomic E-state index is 12.2. The number of amides is 1. The lowest BCUT2D eigenvalue weighted by Gasteiger charge is -2.08. The number of nitrogens with one attached hydrogen (secondary N) is 1. The molecule has 3 rings (SSSR count). The molecule has 3 aromatic heterocycles. The second-order valence-corrected chi connectivity index (χ2v) is 5.98. The van der Waals surface area contributed by atoms with Crippen LogP contribution in [0.4, 0.5) is 0 Å². The van der Waals surface area contributed by atoms with E-state index in [1.54, 1.807) is 29.7 Å². The van der Waals surface area contributed by atoms with Gasteiger partial charge in [0.2, 0.25) is 5.88 Å². The van der Waals surface area contributed by atoms with Crippen LogP contribution in [-0.2, 0) is 6.42 Å². The van der Waals surface area contributed by atoms with Gasteiger partial charge >= 0.3 is 0 Å². The Morgan fingerprint density at radius 2 is 2.29 bits per heavy atom. The van der Waals surface area contributed by atoms with Gasteiger partial charge in [0.05, 0.1) is 7.11 Å². The highest BCUT2D eigenvalue weighted by molar-refractivity contribution is 7.15. The van der Waals surface area contributed by atoms with Gasteiger partial charge < -0.3 is 10.1 Å². The molecule has 1 amide bonds. The summed E-state index contributed by atoms with van der Waals surface area (Å²) in [4.78, 5) is 33.3. The number of fused-ring (bicyclic) bond motifs is 1. The van der Waals surface area contributed by atoms with Crippen molar-refractivity contribution in [2.75, 3.05) is 13.7 Å². The average Bonchev–Trinajstić information content (AvgIpc) is 2.97. The molecule has 0 fully saturated rings. The Bertz CT molecular complexity index is 948. The molecule has 0 unspecified atom stereocenters. The third kappa shape index (κ3) is 3.13. The van der Waals surface area contributed by atoms with Crippen LogP contribution >= 0.6 is 11.3 Å². The first-order valence-electron chi connectivity index (χ1n) is 7.34. The van der Waals surface area contributed by atoms with Gasteiger partial charge in [0.15, 0.2) is 4.96 Å². The molecular formula is C16H16N4O3S. The van der Waals surface area contributed by atoms with Crippen molar-refractivity contribution in [2.24, 2.45) is 0 Å². The van der Waals surface area contributed by atoms with Crippen molar-refractivity contribution in [1.82, 2.24) is 19.7 Å². The van der Waals surface area contributed by atoms with Crippen LogP contribution in [0.25, 0.3) is 4.96 Å². The summed E-state index contributed by atoms with van der Waals surface area (Å²) in [6, 6.07) is 4.83. The standard InChI is InChI=1S/C16H16N4O3S/c1-10-8-13(21)20-11(9-24-16(20)19-10)5-7-17-14(22)12-4-3-6-18-15(12)23-2/h3-4,6,8-9H,5,7H2,1-2H3,(H,17,22). The number of rotatable bonds is 5. The van der Waals surface area contributed by atoms with E-state index in [9.17, 15) is 9.59 Å².